The second-order valence-electron chi connectivity index (χ2n) is 5.53. The number of furan rings is 1. The minimum Gasteiger partial charge on any atom is -0.462 e. The molecule has 1 aromatic heterocycles. The van der Waals surface area contributed by atoms with Crippen LogP contribution in [0.3, 0.4) is 0 Å². The first kappa shape index (κ1) is 13.4. The minimum absolute atomic E-state index is 0.0334. The molecule has 2 N–H and O–H groups in total. The van der Waals surface area contributed by atoms with Gasteiger partial charge in [-0.2, -0.15) is 0 Å². The molecule has 1 aliphatic carbocycles. The third-order valence-corrected chi connectivity index (χ3v) is 4.19. The van der Waals surface area contributed by atoms with Crippen molar-refractivity contribution in [3.05, 3.63) is 59.0 Å². The molecule has 0 amide bonds. The van der Waals surface area contributed by atoms with Crippen LogP contribution in [0.4, 0.5) is 0 Å². The van der Waals surface area contributed by atoms with E-state index in [0.29, 0.717) is 12.5 Å². The zero-order valence-corrected chi connectivity index (χ0v) is 11.8. The molecule has 2 aromatic rings. The molecule has 0 bridgehead atoms. The molecule has 106 valence electrons. The lowest BCUT2D eigenvalue weighted by atomic mass is 9.79. The van der Waals surface area contributed by atoms with E-state index in [2.05, 4.69) is 24.3 Å². The molecule has 0 saturated heterocycles. The van der Waals surface area contributed by atoms with E-state index in [1.54, 1.807) is 7.11 Å². The number of nitrogens with two attached hydrogens (primary N) is 1. The van der Waals surface area contributed by atoms with Gasteiger partial charge in [-0.05, 0) is 48.4 Å². The Morgan fingerprint density at radius 3 is 2.85 bits per heavy atom. The van der Waals surface area contributed by atoms with Gasteiger partial charge in [0, 0.05) is 7.11 Å². The van der Waals surface area contributed by atoms with Crippen molar-refractivity contribution in [2.24, 2.45) is 11.7 Å². The molecule has 1 aromatic carbocycles. The van der Waals surface area contributed by atoms with Crippen LogP contribution in [0.15, 0.2) is 40.8 Å². The summed E-state index contributed by atoms with van der Waals surface area (Å²) in [6.45, 7) is 0.500. The van der Waals surface area contributed by atoms with Gasteiger partial charge in [0.05, 0.1) is 6.04 Å². The van der Waals surface area contributed by atoms with Crippen molar-refractivity contribution in [3.63, 3.8) is 0 Å². The van der Waals surface area contributed by atoms with E-state index in [1.165, 1.54) is 11.1 Å². The Labute approximate surface area is 119 Å². The van der Waals surface area contributed by atoms with E-state index < -0.39 is 0 Å². The minimum atomic E-state index is -0.0334. The van der Waals surface area contributed by atoms with Crippen molar-refractivity contribution in [2.75, 3.05) is 7.11 Å². The van der Waals surface area contributed by atoms with E-state index in [1.807, 2.05) is 12.1 Å². The van der Waals surface area contributed by atoms with Crippen LogP contribution in [0, 0.1) is 5.92 Å². The van der Waals surface area contributed by atoms with Crippen LogP contribution in [0.5, 0.6) is 0 Å². The Balaban J connectivity index is 1.73. The maximum atomic E-state index is 6.40. The summed E-state index contributed by atoms with van der Waals surface area (Å²) in [6.07, 6.45) is 3.27. The highest BCUT2D eigenvalue weighted by Gasteiger charge is 2.26. The fourth-order valence-corrected chi connectivity index (χ4v) is 3.06. The van der Waals surface area contributed by atoms with Gasteiger partial charge in [0.15, 0.2) is 0 Å². The number of hydrogen-bond donors (Lipinski definition) is 1. The fraction of sp³-hybridized carbons (Fsp3) is 0.412. The lowest BCUT2D eigenvalue weighted by Crippen LogP contribution is -2.26. The van der Waals surface area contributed by atoms with Crippen LogP contribution in [0.2, 0.25) is 0 Å². The first-order chi connectivity index (χ1) is 9.78. The molecular formula is C17H21NO2. The zero-order valence-electron chi connectivity index (χ0n) is 11.8. The number of hydrogen-bond acceptors (Lipinski definition) is 3. The average Bonchev–Trinajstić information content (AvgIpc) is 2.95. The van der Waals surface area contributed by atoms with Crippen LogP contribution < -0.4 is 5.73 Å². The van der Waals surface area contributed by atoms with Crippen molar-refractivity contribution in [1.29, 1.82) is 0 Å². The lowest BCUT2D eigenvalue weighted by Gasteiger charge is -2.28. The summed E-state index contributed by atoms with van der Waals surface area (Å²) in [5, 5.41) is 0. The van der Waals surface area contributed by atoms with Crippen molar-refractivity contribution < 1.29 is 9.15 Å². The van der Waals surface area contributed by atoms with Gasteiger partial charge in [0.1, 0.15) is 18.1 Å². The predicted molar refractivity (Wildman–Crippen MR) is 78.3 cm³/mol. The summed E-state index contributed by atoms with van der Waals surface area (Å²) >= 11 is 0. The van der Waals surface area contributed by atoms with Gasteiger partial charge in [-0.15, -0.1) is 0 Å². The van der Waals surface area contributed by atoms with Crippen molar-refractivity contribution in [3.8, 4) is 0 Å². The van der Waals surface area contributed by atoms with Crippen molar-refractivity contribution in [2.45, 2.75) is 31.9 Å². The van der Waals surface area contributed by atoms with Gasteiger partial charge in [-0.25, -0.2) is 0 Å². The maximum Gasteiger partial charge on any atom is 0.129 e. The number of fused-ring (bicyclic) bond motifs is 1. The molecule has 0 radical (unpaired) electrons. The van der Waals surface area contributed by atoms with Gasteiger partial charge in [-0.3, -0.25) is 0 Å². The monoisotopic (exact) mass is 271 g/mol. The number of ether oxygens (including phenoxy) is 1. The summed E-state index contributed by atoms with van der Waals surface area (Å²) in [7, 11) is 1.67. The highest BCUT2D eigenvalue weighted by molar-refractivity contribution is 5.30. The van der Waals surface area contributed by atoms with Crippen LogP contribution in [0.25, 0.3) is 0 Å². The second-order valence-corrected chi connectivity index (χ2v) is 5.53. The molecular weight excluding hydrogens is 250 g/mol. The van der Waals surface area contributed by atoms with Crippen LogP contribution in [0.1, 0.15) is 35.1 Å². The normalized spacial score (nSPS) is 19.6. The van der Waals surface area contributed by atoms with E-state index in [4.69, 9.17) is 14.9 Å². The Kier molecular flexibility index (Phi) is 3.90. The Hall–Kier alpha value is -1.58. The SMILES string of the molecule is COCc1ccc(C(N)C2CCc3ccccc3C2)o1. The number of aryl methyl sites for hydroxylation is 1. The zero-order chi connectivity index (χ0) is 13.9. The largest absolute Gasteiger partial charge is 0.462 e. The van der Waals surface area contributed by atoms with Crippen molar-refractivity contribution >= 4 is 0 Å². The fourth-order valence-electron chi connectivity index (χ4n) is 3.06. The topological polar surface area (TPSA) is 48.4 Å². The van der Waals surface area contributed by atoms with Gasteiger partial charge < -0.3 is 14.9 Å². The summed E-state index contributed by atoms with van der Waals surface area (Å²) < 4.78 is 10.9. The van der Waals surface area contributed by atoms with Crippen LogP contribution >= 0.6 is 0 Å². The molecule has 0 fully saturated rings. The number of methoxy groups -OCH3 is 1. The molecule has 20 heavy (non-hydrogen) atoms. The Bertz CT molecular complexity index is 576. The molecule has 3 heteroatoms. The van der Waals surface area contributed by atoms with E-state index in [-0.39, 0.29) is 6.04 Å². The molecule has 1 aliphatic rings. The molecule has 0 aliphatic heterocycles. The summed E-state index contributed by atoms with van der Waals surface area (Å²) in [5.74, 6) is 2.17. The van der Waals surface area contributed by atoms with Gasteiger partial charge >= 0.3 is 0 Å². The summed E-state index contributed by atoms with van der Waals surface area (Å²) in [4.78, 5) is 0. The van der Waals surface area contributed by atoms with Crippen molar-refractivity contribution in [1.82, 2.24) is 0 Å². The number of benzene rings is 1. The van der Waals surface area contributed by atoms with Gasteiger partial charge in [0.25, 0.3) is 0 Å². The molecule has 2 unspecified atom stereocenters. The third kappa shape index (κ3) is 2.65. The van der Waals surface area contributed by atoms with E-state index in [9.17, 15) is 0 Å². The molecule has 1 heterocycles. The van der Waals surface area contributed by atoms with E-state index in [0.717, 1.165) is 30.8 Å². The molecule has 2 atom stereocenters. The van der Waals surface area contributed by atoms with Crippen LogP contribution in [-0.2, 0) is 24.2 Å². The lowest BCUT2D eigenvalue weighted by molar-refractivity contribution is 0.160. The standard InChI is InChI=1S/C17H21NO2/c1-19-11-15-8-9-16(20-15)17(18)14-7-6-12-4-2-3-5-13(12)10-14/h2-5,8-9,14,17H,6-7,10-11,18H2,1H3. The summed E-state index contributed by atoms with van der Waals surface area (Å²) in [5.41, 5.74) is 9.30. The highest BCUT2D eigenvalue weighted by Crippen LogP contribution is 2.33. The van der Waals surface area contributed by atoms with Crippen LogP contribution in [-0.4, -0.2) is 7.11 Å². The Morgan fingerprint density at radius 2 is 2.05 bits per heavy atom. The quantitative estimate of drug-likeness (QED) is 0.928. The van der Waals surface area contributed by atoms with Gasteiger partial charge in [0.2, 0.25) is 0 Å². The molecule has 0 saturated carbocycles. The first-order valence-corrected chi connectivity index (χ1v) is 7.18. The van der Waals surface area contributed by atoms with E-state index >= 15 is 0 Å². The highest BCUT2D eigenvalue weighted by atomic mass is 16.5. The summed E-state index contributed by atoms with van der Waals surface area (Å²) in [6, 6.07) is 12.6. The maximum absolute atomic E-state index is 6.40. The van der Waals surface area contributed by atoms with Gasteiger partial charge in [-0.1, -0.05) is 24.3 Å². The second kappa shape index (κ2) is 5.81. The third-order valence-electron chi connectivity index (χ3n) is 4.19. The predicted octanol–water partition coefficient (Wildman–Crippen LogP) is 3.23. The number of rotatable bonds is 4. The molecule has 3 rings (SSSR count). The first-order valence-electron chi connectivity index (χ1n) is 7.18. The Morgan fingerprint density at radius 1 is 1.25 bits per heavy atom. The average molecular weight is 271 g/mol. The molecule has 0 spiro atoms. The smallest absolute Gasteiger partial charge is 0.129 e. The molecule has 3 nitrogen and oxygen atoms in total.